The number of halogens is 1. The maximum Gasteiger partial charge on any atom is 0.310 e. The molecule has 0 fully saturated rings. The number of ether oxygens (including phenoxy) is 1. The summed E-state index contributed by atoms with van der Waals surface area (Å²) in [5, 5.41) is 1.44. The van der Waals surface area contributed by atoms with Gasteiger partial charge in [-0.15, -0.1) is 0 Å². The zero-order chi connectivity index (χ0) is 14.9. The highest BCUT2D eigenvalue weighted by molar-refractivity contribution is 6.32. The molecule has 1 aromatic heterocycles. The van der Waals surface area contributed by atoms with E-state index in [0.29, 0.717) is 17.2 Å². The molecule has 0 radical (unpaired) electrons. The number of aromatic nitrogens is 1. The molecule has 0 aliphatic carbocycles. The first-order valence-electron chi connectivity index (χ1n) is 6.77. The fourth-order valence-corrected chi connectivity index (χ4v) is 2.33. The average molecular weight is 292 g/mol. The van der Waals surface area contributed by atoms with E-state index in [-0.39, 0.29) is 5.97 Å². The molecule has 0 bridgehead atoms. The van der Waals surface area contributed by atoms with Crippen LogP contribution in [0.3, 0.4) is 0 Å². The van der Waals surface area contributed by atoms with Gasteiger partial charge in [0.05, 0.1) is 5.52 Å². The molecule has 0 unspecified atom stereocenters. The van der Waals surface area contributed by atoms with Crippen LogP contribution in [-0.2, 0) is 11.2 Å². The number of pyridine rings is 1. The van der Waals surface area contributed by atoms with Crippen molar-refractivity contribution in [3.8, 4) is 5.75 Å². The minimum Gasteiger partial charge on any atom is -0.425 e. The first-order chi connectivity index (χ1) is 9.47. The number of benzene rings is 1. The highest BCUT2D eigenvalue weighted by Crippen LogP contribution is 2.34. The second-order valence-electron chi connectivity index (χ2n) is 4.81. The Bertz CT molecular complexity index is 680. The van der Waals surface area contributed by atoms with Crippen molar-refractivity contribution in [2.24, 2.45) is 0 Å². The van der Waals surface area contributed by atoms with Gasteiger partial charge in [-0.1, -0.05) is 25.4 Å². The molecule has 0 N–H and O–H groups in total. The molecule has 0 atom stereocenters. The monoisotopic (exact) mass is 291 g/mol. The summed E-state index contributed by atoms with van der Waals surface area (Å²) < 4.78 is 5.51. The quantitative estimate of drug-likeness (QED) is 0.788. The van der Waals surface area contributed by atoms with Crippen molar-refractivity contribution in [3.63, 3.8) is 0 Å². The van der Waals surface area contributed by atoms with E-state index in [4.69, 9.17) is 16.3 Å². The second-order valence-corrected chi connectivity index (χ2v) is 5.22. The topological polar surface area (TPSA) is 39.2 Å². The van der Waals surface area contributed by atoms with Crippen molar-refractivity contribution in [3.05, 3.63) is 34.0 Å². The Balaban J connectivity index is 2.76. The van der Waals surface area contributed by atoms with E-state index in [0.717, 1.165) is 34.1 Å². The van der Waals surface area contributed by atoms with Crippen LogP contribution in [0.25, 0.3) is 10.9 Å². The smallest absolute Gasteiger partial charge is 0.310 e. The number of rotatable bonds is 3. The summed E-state index contributed by atoms with van der Waals surface area (Å²) in [6, 6.07) is 3.75. The molecule has 4 heteroatoms. The van der Waals surface area contributed by atoms with E-state index < -0.39 is 0 Å². The van der Waals surface area contributed by atoms with Gasteiger partial charge in [-0.25, -0.2) is 0 Å². The Morgan fingerprint density at radius 2 is 2.00 bits per heavy atom. The number of carbonyl (C=O) groups is 1. The van der Waals surface area contributed by atoms with Crippen molar-refractivity contribution in [2.75, 3.05) is 0 Å². The zero-order valence-corrected chi connectivity index (χ0v) is 13.0. The van der Waals surface area contributed by atoms with E-state index in [9.17, 15) is 4.79 Å². The van der Waals surface area contributed by atoms with Gasteiger partial charge >= 0.3 is 5.97 Å². The number of hydrogen-bond acceptors (Lipinski definition) is 3. The number of nitrogens with zero attached hydrogens (tertiary/aromatic N) is 1. The number of aryl methyl sites for hydroxylation is 2. The molecule has 1 heterocycles. The first-order valence-corrected chi connectivity index (χ1v) is 7.15. The lowest BCUT2D eigenvalue weighted by molar-refractivity contribution is -0.133. The molecule has 0 saturated heterocycles. The number of fused-ring (bicyclic) bond motifs is 1. The number of carbonyl (C=O) groups excluding carboxylic acids is 1. The Morgan fingerprint density at radius 3 is 2.60 bits per heavy atom. The summed E-state index contributed by atoms with van der Waals surface area (Å²) in [5.41, 5.74) is 3.62. The zero-order valence-electron chi connectivity index (χ0n) is 12.2. The maximum absolute atomic E-state index is 11.7. The van der Waals surface area contributed by atoms with Gasteiger partial charge in [0.15, 0.2) is 0 Å². The third kappa shape index (κ3) is 2.63. The standard InChI is InChI=1S/C16H18ClNO2/c1-5-13-10(4)16(20-15(19)6-2)11-8-12(17)9(3)7-14(11)18-13/h7-8H,5-6H2,1-4H3. The summed E-state index contributed by atoms with van der Waals surface area (Å²) >= 11 is 6.19. The minimum absolute atomic E-state index is 0.251. The Hall–Kier alpha value is -1.61. The predicted octanol–water partition coefficient (Wildman–Crippen LogP) is 4.38. The number of esters is 1. The minimum atomic E-state index is -0.251. The predicted molar refractivity (Wildman–Crippen MR) is 81.5 cm³/mol. The Kier molecular flexibility index (Phi) is 4.29. The molecule has 3 nitrogen and oxygen atoms in total. The van der Waals surface area contributed by atoms with Crippen molar-refractivity contribution in [1.29, 1.82) is 0 Å². The van der Waals surface area contributed by atoms with Gasteiger partial charge in [0.25, 0.3) is 0 Å². The molecule has 0 amide bonds. The van der Waals surface area contributed by atoms with Crippen molar-refractivity contribution < 1.29 is 9.53 Å². The molecule has 106 valence electrons. The maximum atomic E-state index is 11.7. The third-order valence-electron chi connectivity index (χ3n) is 3.39. The lowest BCUT2D eigenvalue weighted by Crippen LogP contribution is -2.09. The molecule has 1 aromatic carbocycles. The lowest BCUT2D eigenvalue weighted by atomic mass is 10.1. The van der Waals surface area contributed by atoms with E-state index >= 15 is 0 Å². The average Bonchev–Trinajstić information content (AvgIpc) is 2.43. The molecule has 2 rings (SSSR count). The van der Waals surface area contributed by atoms with Crippen molar-refractivity contribution >= 4 is 28.5 Å². The fourth-order valence-electron chi connectivity index (χ4n) is 2.16. The third-order valence-corrected chi connectivity index (χ3v) is 3.80. The van der Waals surface area contributed by atoms with Crippen LogP contribution < -0.4 is 4.74 Å². The largest absolute Gasteiger partial charge is 0.425 e. The summed E-state index contributed by atoms with van der Waals surface area (Å²) in [7, 11) is 0. The van der Waals surface area contributed by atoms with E-state index in [1.165, 1.54) is 0 Å². The molecule has 2 aromatic rings. The van der Waals surface area contributed by atoms with Crippen LogP contribution in [0, 0.1) is 13.8 Å². The Morgan fingerprint density at radius 1 is 1.30 bits per heavy atom. The first kappa shape index (κ1) is 14.8. The second kappa shape index (κ2) is 5.80. The normalized spacial score (nSPS) is 10.8. The molecule has 0 aliphatic heterocycles. The molecule has 20 heavy (non-hydrogen) atoms. The van der Waals surface area contributed by atoms with Crippen molar-refractivity contribution in [1.82, 2.24) is 4.98 Å². The summed E-state index contributed by atoms with van der Waals surface area (Å²) in [5.74, 6) is 0.333. The van der Waals surface area contributed by atoms with E-state index in [1.54, 1.807) is 6.92 Å². The van der Waals surface area contributed by atoms with Crippen LogP contribution in [0.1, 0.15) is 37.1 Å². The molecule has 0 aliphatic rings. The SMILES string of the molecule is CCC(=O)Oc1c(C)c(CC)nc2cc(C)c(Cl)cc12. The fraction of sp³-hybridized carbons (Fsp3) is 0.375. The van der Waals surface area contributed by atoms with Gasteiger partial charge in [-0.3, -0.25) is 9.78 Å². The van der Waals surface area contributed by atoms with Gasteiger partial charge in [0, 0.05) is 28.1 Å². The van der Waals surface area contributed by atoms with Gasteiger partial charge in [-0.05, 0) is 38.0 Å². The van der Waals surface area contributed by atoms with Crippen LogP contribution in [0.5, 0.6) is 5.75 Å². The van der Waals surface area contributed by atoms with Crippen LogP contribution in [0.2, 0.25) is 5.02 Å². The van der Waals surface area contributed by atoms with Gasteiger partial charge in [0.2, 0.25) is 0 Å². The Labute approximate surface area is 123 Å². The lowest BCUT2D eigenvalue weighted by Gasteiger charge is -2.14. The number of hydrogen-bond donors (Lipinski definition) is 0. The highest BCUT2D eigenvalue weighted by atomic mass is 35.5. The van der Waals surface area contributed by atoms with Crippen LogP contribution in [0.15, 0.2) is 12.1 Å². The van der Waals surface area contributed by atoms with Gasteiger partial charge in [-0.2, -0.15) is 0 Å². The molecular formula is C16H18ClNO2. The molecule has 0 saturated carbocycles. The highest BCUT2D eigenvalue weighted by Gasteiger charge is 2.16. The summed E-state index contributed by atoms with van der Waals surface area (Å²) in [6.45, 7) is 7.68. The van der Waals surface area contributed by atoms with Crippen molar-refractivity contribution in [2.45, 2.75) is 40.5 Å². The van der Waals surface area contributed by atoms with Crippen LogP contribution in [-0.4, -0.2) is 11.0 Å². The van der Waals surface area contributed by atoms with Crippen LogP contribution >= 0.6 is 11.6 Å². The molecular weight excluding hydrogens is 274 g/mol. The summed E-state index contributed by atoms with van der Waals surface area (Å²) in [6.07, 6.45) is 1.13. The van der Waals surface area contributed by atoms with Crippen LogP contribution in [0.4, 0.5) is 0 Å². The molecule has 0 spiro atoms. The summed E-state index contributed by atoms with van der Waals surface area (Å²) in [4.78, 5) is 16.3. The van der Waals surface area contributed by atoms with Gasteiger partial charge < -0.3 is 4.74 Å². The van der Waals surface area contributed by atoms with E-state index in [1.807, 2.05) is 32.9 Å². The van der Waals surface area contributed by atoms with E-state index in [2.05, 4.69) is 4.98 Å². The van der Waals surface area contributed by atoms with Gasteiger partial charge in [0.1, 0.15) is 5.75 Å².